The van der Waals surface area contributed by atoms with E-state index >= 15 is 0 Å². The van der Waals surface area contributed by atoms with Crippen LogP contribution in [-0.2, 0) is 0 Å². The first-order chi connectivity index (χ1) is 6.27. The monoisotopic (exact) mass is 175 g/mol. The normalized spacial score (nSPS) is 13.2. The largest absolute Gasteiger partial charge is 0.366 e. The zero-order valence-corrected chi connectivity index (χ0v) is 6.95. The second kappa shape index (κ2) is 2.90. The lowest BCUT2D eigenvalue weighted by molar-refractivity contribution is 0.1000. The molecule has 1 amide bonds. The van der Waals surface area contributed by atoms with Gasteiger partial charge >= 0.3 is 0 Å². The molecule has 0 atom stereocenters. The van der Waals surface area contributed by atoms with Crippen LogP contribution in [0, 0.1) is 0 Å². The first-order valence-electron chi connectivity index (χ1n) is 3.97. The minimum Gasteiger partial charge on any atom is -0.366 e. The molecule has 4 nitrogen and oxygen atoms in total. The third kappa shape index (κ3) is 1.38. The smallest absolute Gasteiger partial charge is 0.250 e. The zero-order chi connectivity index (χ0) is 9.26. The molecule has 0 aliphatic carbocycles. The minimum atomic E-state index is -0.450. The number of hydrogen-bond acceptors (Lipinski definition) is 3. The fraction of sp³-hybridized carbons (Fsp3) is 0.111. The Hall–Kier alpha value is -1.84. The first kappa shape index (κ1) is 7.79. The average Bonchev–Trinajstić information content (AvgIpc) is 2.17. The second-order valence-corrected chi connectivity index (χ2v) is 2.81. The van der Waals surface area contributed by atoms with Crippen molar-refractivity contribution in [2.45, 2.75) is 0 Å². The Bertz CT molecular complexity index is 384. The third-order valence-electron chi connectivity index (χ3n) is 1.89. The predicted molar refractivity (Wildman–Crippen MR) is 50.3 cm³/mol. The number of nitrogens with one attached hydrogen (secondary N) is 1. The molecule has 0 saturated carbocycles. The van der Waals surface area contributed by atoms with Crippen LogP contribution in [0.4, 0.5) is 5.82 Å². The van der Waals surface area contributed by atoms with Gasteiger partial charge in [0.15, 0.2) is 0 Å². The lowest BCUT2D eigenvalue weighted by Crippen LogP contribution is -2.13. The van der Waals surface area contributed by atoms with E-state index in [0.29, 0.717) is 5.56 Å². The Kier molecular flexibility index (Phi) is 1.73. The molecule has 0 saturated heterocycles. The molecule has 0 spiro atoms. The molecule has 3 N–H and O–H groups in total. The maximum absolute atomic E-state index is 10.8. The Labute approximate surface area is 75.5 Å². The molecule has 0 bridgehead atoms. The summed E-state index contributed by atoms with van der Waals surface area (Å²) in [6, 6.07) is 1.73. The van der Waals surface area contributed by atoms with Crippen molar-refractivity contribution in [1.29, 1.82) is 0 Å². The molecule has 1 aromatic heterocycles. The van der Waals surface area contributed by atoms with Gasteiger partial charge in [0.25, 0.3) is 0 Å². The van der Waals surface area contributed by atoms with Crippen LogP contribution in [0.2, 0.25) is 0 Å². The van der Waals surface area contributed by atoms with Gasteiger partial charge in [-0.25, -0.2) is 4.98 Å². The van der Waals surface area contributed by atoms with Crippen LogP contribution in [0.25, 0.3) is 6.08 Å². The number of hydrogen-bond donors (Lipinski definition) is 2. The molecule has 13 heavy (non-hydrogen) atoms. The van der Waals surface area contributed by atoms with Crippen LogP contribution in [0.3, 0.4) is 0 Å². The number of pyridine rings is 1. The summed E-state index contributed by atoms with van der Waals surface area (Å²) in [7, 11) is 0. The van der Waals surface area contributed by atoms with Crippen LogP contribution in [0.15, 0.2) is 18.3 Å². The van der Waals surface area contributed by atoms with Gasteiger partial charge in [0.05, 0.1) is 5.56 Å². The van der Waals surface area contributed by atoms with Crippen LogP contribution < -0.4 is 11.1 Å². The van der Waals surface area contributed by atoms with Crippen molar-refractivity contribution < 1.29 is 4.79 Å². The number of nitrogens with two attached hydrogens (primary N) is 1. The van der Waals surface area contributed by atoms with E-state index in [-0.39, 0.29) is 0 Å². The van der Waals surface area contributed by atoms with E-state index in [1.807, 2.05) is 12.2 Å². The number of rotatable bonds is 1. The summed E-state index contributed by atoms with van der Waals surface area (Å²) in [6.45, 7) is 0.774. The molecule has 1 aliphatic heterocycles. The molecule has 0 unspecified atom stereocenters. The lowest BCUT2D eigenvalue weighted by Gasteiger charge is -2.11. The van der Waals surface area contributed by atoms with E-state index in [2.05, 4.69) is 10.3 Å². The van der Waals surface area contributed by atoms with Crippen LogP contribution in [0.1, 0.15) is 15.9 Å². The third-order valence-corrected chi connectivity index (χ3v) is 1.89. The molecular formula is C9H9N3O. The number of carbonyl (C=O) groups is 1. The van der Waals surface area contributed by atoms with E-state index < -0.39 is 5.91 Å². The number of fused-ring (bicyclic) bond motifs is 1. The highest BCUT2D eigenvalue weighted by molar-refractivity contribution is 5.93. The van der Waals surface area contributed by atoms with Crippen molar-refractivity contribution >= 4 is 17.8 Å². The van der Waals surface area contributed by atoms with Crippen molar-refractivity contribution in [2.75, 3.05) is 11.9 Å². The van der Waals surface area contributed by atoms with E-state index in [1.54, 1.807) is 6.07 Å². The van der Waals surface area contributed by atoms with Gasteiger partial charge in [-0.2, -0.15) is 0 Å². The number of amides is 1. The maximum Gasteiger partial charge on any atom is 0.250 e. The number of aromatic nitrogens is 1. The number of nitrogens with zero attached hydrogens (tertiary/aromatic N) is 1. The molecular weight excluding hydrogens is 166 g/mol. The molecule has 0 fully saturated rings. The zero-order valence-electron chi connectivity index (χ0n) is 6.95. The molecule has 2 heterocycles. The van der Waals surface area contributed by atoms with Crippen LogP contribution >= 0.6 is 0 Å². The first-order valence-corrected chi connectivity index (χ1v) is 3.97. The van der Waals surface area contributed by atoms with Crippen molar-refractivity contribution in [2.24, 2.45) is 5.73 Å². The minimum absolute atomic E-state index is 0.437. The van der Waals surface area contributed by atoms with E-state index in [9.17, 15) is 4.79 Å². The van der Waals surface area contributed by atoms with E-state index in [1.165, 1.54) is 6.20 Å². The van der Waals surface area contributed by atoms with Gasteiger partial charge in [0.2, 0.25) is 5.91 Å². The van der Waals surface area contributed by atoms with Gasteiger partial charge in [0.1, 0.15) is 5.82 Å². The lowest BCUT2D eigenvalue weighted by atomic mass is 10.1. The Morgan fingerprint density at radius 2 is 2.46 bits per heavy atom. The molecule has 0 radical (unpaired) electrons. The highest BCUT2D eigenvalue weighted by Gasteiger charge is 2.07. The van der Waals surface area contributed by atoms with Gasteiger partial charge in [-0.3, -0.25) is 4.79 Å². The quantitative estimate of drug-likeness (QED) is 0.657. The van der Waals surface area contributed by atoms with Gasteiger partial charge in [-0.15, -0.1) is 0 Å². The van der Waals surface area contributed by atoms with Crippen molar-refractivity contribution in [3.8, 4) is 0 Å². The van der Waals surface area contributed by atoms with Crippen LogP contribution in [-0.4, -0.2) is 17.4 Å². The number of anilines is 1. The number of carbonyl (C=O) groups excluding carboxylic acids is 1. The Morgan fingerprint density at radius 3 is 3.23 bits per heavy atom. The summed E-state index contributed by atoms with van der Waals surface area (Å²) in [5, 5.41) is 3.08. The number of primary amides is 1. The topological polar surface area (TPSA) is 68.0 Å². The summed E-state index contributed by atoms with van der Waals surface area (Å²) in [5.41, 5.74) is 6.47. The summed E-state index contributed by atoms with van der Waals surface area (Å²) in [4.78, 5) is 14.9. The molecule has 4 heteroatoms. The molecule has 1 aliphatic rings. The Morgan fingerprint density at radius 1 is 1.62 bits per heavy atom. The summed E-state index contributed by atoms with van der Waals surface area (Å²) in [5.74, 6) is 0.349. The highest BCUT2D eigenvalue weighted by atomic mass is 16.1. The van der Waals surface area contributed by atoms with E-state index in [4.69, 9.17) is 5.73 Å². The summed E-state index contributed by atoms with van der Waals surface area (Å²) >= 11 is 0. The molecule has 0 aromatic carbocycles. The maximum atomic E-state index is 10.8. The molecule has 66 valence electrons. The fourth-order valence-electron chi connectivity index (χ4n) is 1.23. The standard InChI is InChI=1S/C9H9N3O/c10-8(13)7-4-6-2-1-3-11-9(6)12-5-7/h1-2,4-5H,3H2,(H2,10,13)(H,11,12). The summed E-state index contributed by atoms with van der Waals surface area (Å²) in [6.07, 6.45) is 5.37. The van der Waals surface area contributed by atoms with E-state index in [0.717, 1.165) is 17.9 Å². The fourth-order valence-corrected chi connectivity index (χ4v) is 1.23. The van der Waals surface area contributed by atoms with Gasteiger partial charge in [-0.1, -0.05) is 12.2 Å². The Balaban J connectivity index is 2.48. The van der Waals surface area contributed by atoms with Gasteiger partial charge < -0.3 is 11.1 Å². The van der Waals surface area contributed by atoms with Crippen molar-refractivity contribution in [1.82, 2.24) is 4.98 Å². The highest BCUT2D eigenvalue weighted by Crippen LogP contribution is 2.18. The van der Waals surface area contributed by atoms with Crippen molar-refractivity contribution in [3.05, 3.63) is 29.5 Å². The van der Waals surface area contributed by atoms with Crippen molar-refractivity contribution in [3.63, 3.8) is 0 Å². The average molecular weight is 175 g/mol. The van der Waals surface area contributed by atoms with Gasteiger partial charge in [0, 0.05) is 18.3 Å². The van der Waals surface area contributed by atoms with Gasteiger partial charge in [-0.05, 0) is 6.07 Å². The molecule has 1 aromatic rings. The molecule has 2 rings (SSSR count). The van der Waals surface area contributed by atoms with Crippen LogP contribution in [0.5, 0.6) is 0 Å². The second-order valence-electron chi connectivity index (χ2n) is 2.81. The summed E-state index contributed by atoms with van der Waals surface area (Å²) < 4.78 is 0. The SMILES string of the molecule is NC(=O)c1cnc2c(c1)C=CCN2. The predicted octanol–water partition coefficient (Wildman–Crippen LogP) is 0.619.